The monoisotopic (exact) mass is 564 g/mol. The van der Waals surface area contributed by atoms with Crippen LogP contribution in [0.3, 0.4) is 0 Å². The molecule has 3 heterocycles. The lowest BCUT2D eigenvalue weighted by Crippen LogP contribution is -2.32. The van der Waals surface area contributed by atoms with Gasteiger partial charge in [0.15, 0.2) is 6.61 Å². The molecule has 1 N–H and O–H groups in total. The highest BCUT2D eigenvalue weighted by atomic mass is 35.5. The van der Waals surface area contributed by atoms with Crippen LogP contribution >= 0.6 is 46.3 Å². The van der Waals surface area contributed by atoms with Crippen molar-refractivity contribution in [3.63, 3.8) is 0 Å². The highest BCUT2D eigenvalue weighted by Crippen LogP contribution is 2.54. The number of thioether (sulfide) groups is 1. The van der Waals surface area contributed by atoms with Crippen LogP contribution in [0.2, 0.25) is 10.0 Å². The summed E-state index contributed by atoms with van der Waals surface area (Å²) >= 11 is 14.5. The van der Waals surface area contributed by atoms with Crippen LogP contribution in [0.25, 0.3) is 0 Å². The highest BCUT2D eigenvalue weighted by Gasteiger charge is 2.56. The molecule has 1 saturated heterocycles. The van der Waals surface area contributed by atoms with E-state index in [0.29, 0.717) is 36.9 Å². The summed E-state index contributed by atoms with van der Waals surface area (Å²) in [7, 11) is 0. The predicted molar refractivity (Wildman–Crippen MR) is 137 cm³/mol. The minimum atomic E-state index is -0.833. The zero-order valence-electron chi connectivity index (χ0n) is 18.7. The Morgan fingerprint density at radius 2 is 1.78 bits per heavy atom. The lowest BCUT2D eigenvalue weighted by atomic mass is 9.82. The molecule has 1 fully saturated rings. The Morgan fingerprint density at radius 3 is 2.50 bits per heavy atom. The summed E-state index contributed by atoms with van der Waals surface area (Å²) in [6.45, 7) is 1.55. The molecule has 0 bridgehead atoms. The van der Waals surface area contributed by atoms with E-state index in [2.05, 4.69) is 4.98 Å². The molecule has 0 saturated carbocycles. The number of benzene rings is 2. The zero-order chi connectivity index (χ0) is 25.6. The molecule has 2 amide bonds. The van der Waals surface area contributed by atoms with Crippen molar-refractivity contribution in [2.24, 2.45) is 5.92 Å². The van der Waals surface area contributed by atoms with Gasteiger partial charge in [0.05, 0.1) is 23.2 Å². The van der Waals surface area contributed by atoms with Crippen LogP contribution in [0.4, 0.5) is 5.69 Å². The third-order valence-corrected chi connectivity index (χ3v) is 8.75. The summed E-state index contributed by atoms with van der Waals surface area (Å²) in [6.07, 6.45) is 0. The SMILES string of the molecule is CCOC(=O)COc1ccc(Cl)cc1[C@H]1c2sc(=O)[nH]c2SC2C(=O)N(c3ccc(Cl)cc3)C(=O)C21. The lowest BCUT2D eigenvalue weighted by Gasteiger charge is -2.31. The average Bonchev–Trinajstić information content (AvgIpc) is 3.33. The standard InChI is InChI=1S/C24H18Cl2N2O6S2/c1-2-33-16(29)10-34-15-8-5-12(26)9-14(15)17-18-20(35-21-19(17)36-24(32)27-21)23(31)28(22(18)30)13-6-3-11(25)4-7-13/h3-9,17-18,20H,2,10H2,1H3,(H,27,32)/t17-,18?,20?/m1/s1. The second-order valence-corrected chi connectivity index (χ2v) is 11.1. The summed E-state index contributed by atoms with van der Waals surface area (Å²) in [5, 5.41) is 0.586. The van der Waals surface area contributed by atoms with Gasteiger partial charge in [0, 0.05) is 26.4 Å². The zero-order valence-corrected chi connectivity index (χ0v) is 21.8. The second-order valence-electron chi connectivity index (χ2n) is 8.01. The fraction of sp³-hybridized carbons (Fsp3) is 0.250. The number of nitrogens with zero attached hydrogens (tertiary/aromatic N) is 1. The van der Waals surface area contributed by atoms with Gasteiger partial charge in [0.1, 0.15) is 11.0 Å². The Labute approximate surface area is 223 Å². The second kappa shape index (κ2) is 9.93. The topological polar surface area (TPSA) is 106 Å². The van der Waals surface area contributed by atoms with Crippen LogP contribution in [0.15, 0.2) is 52.3 Å². The number of amides is 2. The normalized spacial score (nSPS) is 20.8. The molecule has 2 aliphatic heterocycles. The summed E-state index contributed by atoms with van der Waals surface area (Å²) in [6, 6.07) is 11.3. The number of H-pyrrole nitrogens is 1. The van der Waals surface area contributed by atoms with Crippen molar-refractivity contribution in [2.45, 2.75) is 23.1 Å². The van der Waals surface area contributed by atoms with Crippen LogP contribution in [-0.2, 0) is 19.1 Å². The van der Waals surface area contributed by atoms with Crippen molar-refractivity contribution < 1.29 is 23.9 Å². The minimum absolute atomic E-state index is 0.205. The molecule has 8 nitrogen and oxygen atoms in total. The fourth-order valence-corrected chi connectivity index (χ4v) is 7.24. The molecule has 3 aromatic rings. The summed E-state index contributed by atoms with van der Waals surface area (Å²) in [5.74, 6) is -2.59. The third-order valence-electron chi connectivity index (χ3n) is 5.87. The first kappa shape index (κ1) is 24.9. The highest BCUT2D eigenvalue weighted by molar-refractivity contribution is 8.00. The first-order valence-electron chi connectivity index (χ1n) is 10.9. The molecule has 186 valence electrons. The smallest absolute Gasteiger partial charge is 0.344 e. The maximum Gasteiger partial charge on any atom is 0.344 e. The van der Waals surface area contributed by atoms with Crippen molar-refractivity contribution in [3.05, 3.63) is 72.6 Å². The number of imide groups is 1. The van der Waals surface area contributed by atoms with E-state index in [1.807, 2.05) is 0 Å². The number of anilines is 1. The molecule has 5 rings (SSSR count). The largest absolute Gasteiger partial charge is 0.482 e. The Morgan fingerprint density at radius 1 is 1.06 bits per heavy atom. The van der Waals surface area contributed by atoms with Crippen molar-refractivity contribution in [3.8, 4) is 5.75 Å². The Hall–Kier alpha value is -2.79. The third kappa shape index (κ3) is 4.43. The minimum Gasteiger partial charge on any atom is -0.482 e. The number of fused-ring (bicyclic) bond motifs is 2. The van der Waals surface area contributed by atoms with E-state index in [1.54, 1.807) is 49.4 Å². The molecule has 2 aromatic carbocycles. The molecule has 3 atom stereocenters. The van der Waals surface area contributed by atoms with Gasteiger partial charge in [-0.25, -0.2) is 9.69 Å². The number of carbonyl (C=O) groups excluding carboxylic acids is 3. The van der Waals surface area contributed by atoms with Gasteiger partial charge in [-0.05, 0) is 49.4 Å². The van der Waals surface area contributed by atoms with Crippen molar-refractivity contribution >= 4 is 69.8 Å². The lowest BCUT2D eigenvalue weighted by molar-refractivity contribution is -0.145. The van der Waals surface area contributed by atoms with Crippen molar-refractivity contribution in [1.29, 1.82) is 0 Å². The van der Waals surface area contributed by atoms with E-state index in [-0.39, 0.29) is 18.1 Å². The van der Waals surface area contributed by atoms with E-state index >= 15 is 0 Å². The van der Waals surface area contributed by atoms with Gasteiger partial charge >= 0.3 is 10.8 Å². The Balaban J connectivity index is 1.61. The molecule has 36 heavy (non-hydrogen) atoms. The van der Waals surface area contributed by atoms with Crippen LogP contribution in [0, 0.1) is 5.92 Å². The quantitative estimate of drug-likeness (QED) is 0.347. The molecule has 0 spiro atoms. The summed E-state index contributed by atoms with van der Waals surface area (Å²) in [5.41, 5.74) is 0.905. The number of aromatic amines is 1. The fourth-order valence-electron chi connectivity index (χ4n) is 4.43. The number of carbonyl (C=O) groups is 3. The summed E-state index contributed by atoms with van der Waals surface area (Å²) in [4.78, 5) is 55.8. The number of thiazole rings is 1. The van der Waals surface area contributed by atoms with Crippen LogP contribution in [0.5, 0.6) is 5.75 Å². The Bertz CT molecular complexity index is 1420. The van der Waals surface area contributed by atoms with Gasteiger partial charge < -0.3 is 14.5 Å². The molecule has 0 aliphatic carbocycles. The van der Waals surface area contributed by atoms with E-state index in [1.165, 1.54) is 0 Å². The van der Waals surface area contributed by atoms with Gasteiger partial charge in [-0.15, -0.1) is 0 Å². The molecule has 2 aliphatic rings. The van der Waals surface area contributed by atoms with Gasteiger partial charge in [-0.1, -0.05) is 46.3 Å². The van der Waals surface area contributed by atoms with Gasteiger partial charge in [-0.2, -0.15) is 0 Å². The average molecular weight is 565 g/mol. The molecule has 2 unspecified atom stereocenters. The van der Waals surface area contributed by atoms with E-state index in [4.69, 9.17) is 32.7 Å². The van der Waals surface area contributed by atoms with E-state index in [0.717, 1.165) is 28.0 Å². The van der Waals surface area contributed by atoms with Crippen LogP contribution < -0.4 is 14.5 Å². The number of esters is 1. The number of aromatic nitrogens is 1. The number of nitrogens with one attached hydrogen (secondary N) is 1. The molecular formula is C24H18Cl2N2O6S2. The first-order chi connectivity index (χ1) is 17.3. The summed E-state index contributed by atoms with van der Waals surface area (Å²) < 4.78 is 10.7. The molecular weight excluding hydrogens is 547 g/mol. The maximum atomic E-state index is 13.8. The number of hydrogen-bond acceptors (Lipinski definition) is 8. The predicted octanol–water partition coefficient (Wildman–Crippen LogP) is 4.48. The van der Waals surface area contributed by atoms with Gasteiger partial charge in [0.25, 0.3) is 0 Å². The number of hydrogen-bond donors (Lipinski definition) is 1. The van der Waals surface area contributed by atoms with E-state index < -0.39 is 34.9 Å². The number of halogens is 2. The van der Waals surface area contributed by atoms with Crippen molar-refractivity contribution in [1.82, 2.24) is 4.98 Å². The van der Waals surface area contributed by atoms with Crippen LogP contribution in [-0.4, -0.2) is 41.2 Å². The van der Waals surface area contributed by atoms with Crippen LogP contribution in [0.1, 0.15) is 23.3 Å². The van der Waals surface area contributed by atoms with E-state index in [9.17, 15) is 19.2 Å². The van der Waals surface area contributed by atoms with Gasteiger partial charge in [-0.3, -0.25) is 14.4 Å². The molecule has 12 heteroatoms. The maximum absolute atomic E-state index is 13.8. The van der Waals surface area contributed by atoms with Crippen molar-refractivity contribution in [2.75, 3.05) is 18.1 Å². The Kier molecular flexibility index (Phi) is 6.86. The number of rotatable bonds is 6. The molecule has 1 aromatic heterocycles. The molecule has 0 radical (unpaired) electrons. The first-order valence-corrected chi connectivity index (χ1v) is 13.3. The van der Waals surface area contributed by atoms with Gasteiger partial charge in [0.2, 0.25) is 11.8 Å². The number of ether oxygens (including phenoxy) is 2.